The van der Waals surface area contributed by atoms with Crippen LogP contribution in [0.4, 0.5) is 4.39 Å². The van der Waals surface area contributed by atoms with Gasteiger partial charge in [0.05, 0.1) is 13.0 Å². The lowest BCUT2D eigenvalue weighted by atomic mass is 10.1. The van der Waals surface area contributed by atoms with Crippen LogP contribution in [0.1, 0.15) is 19.4 Å². The minimum Gasteiger partial charge on any atom is -0.490 e. The summed E-state index contributed by atoms with van der Waals surface area (Å²) in [5, 5.41) is 0. The van der Waals surface area contributed by atoms with E-state index in [0.29, 0.717) is 11.3 Å². The second-order valence-electron chi connectivity index (χ2n) is 3.91. The second-order valence-corrected chi connectivity index (χ2v) is 3.91. The maximum absolute atomic E-state index is 12.3. The van der Waals surface area contributed by atoms with Gasteiger partial charge < -0.3 is 9.47 Å². The molecule has 4 heteroatoms. The third kappa shape index (κ3) is 3.73. The predicted octanol–water partition coefficient (Wildman–Crippen LogP) is 2.73. The number of carbonyl (C=O) groups excluding carboxylic acids is 1. The number of hydrogen-bond acceptors (Lipinski definition) is 3. The summed E-state index contributed by atoms with van der Waals surface area (Å²) in [7, 11) is 1.35. The van der Waals surface area contributed by atoms with Crippen molar-refractivity contribution in [3.63, 3.8) is 0 Å². The molecule has 0 heterocycles. The lowest BCUT2D eigenvalue weighted by Crippen LogP contribution is -2.29. The molecule has 17 heavy (non-hydrogen) atoms. The van der Waals surface area contributed by atoms with Crippen LogP contribution in [-0.4, -0.2) is 19.2 Å². The minimum atomic E-state index is -0.492. The highest BCUT2D eigenvalue weighted by Crippen LogP contribution is 2.17. The van der Waals surface area contributed by atoms with Crippen molar-refractivity contribution in [3.05, 3.63) is 29.8 Å². The van der Waals surface area contributed by atoms with Crippen LogP contribution in [0.15, 0.2) is 24.3 Å². The van der Waals surface area contributed by atoms with Gasteiger partial charge in [0.25, 0.3) is 0 Å². The fourth-order valence-corrected chi connectivity index (χ4v) is 1.35. The van der Waals surface area contributed by atoms with E-state index in [0.717, 1.165) is 0 Å². The van der Waals surface area contributed by atoms with Crippen molar-refractivity contribution in [2.24, 2.45) is 5.92 Å². The monoisotopic (exact) mass is 240 g/mol. The van der Waals surface area contributed by atoms with Crippen LogP contribution in [0, 0.1) is 5.92 Å². The molecule has 0 radical (unpaired) electrons. The number of carbonyl (C=O) groups is 1. The average molecular weight is 240 g/mol. The minimum absolute atomic E-state index is 0.293. The number of benzene rings is 1. The first-order valence-corrected chi connectivity index (χ1v) is 5.48. The van der Waals surface area contributed by atoms with Crippen LogP contribution in [0.25, 0.3) is 0 Å². The molecule has 94 valence electrons. The lowest BCUT2D eigenvalue weighted by molar-refractivity contribution is -0.147. The second kappa shape index (κ2) is 6.23. The van der Waals surface area contributed by atoms with Crippen molar-refractivity contribution in [3.8, 4) is 5.75 Å². The van der Waals surface area contributed by atoms with Crippen molar-refractivity contribution in [1.82, 2.24) is 0 Å². The fraction of sp³-hybridized carbons (Fsp3) is 0.462. The van der Waals surface area contributed by atoms with E-state index in [9.17, 15) is 9.18 Å². The molecule has 3 nitrogen and oxygen atoms in total. The molecule has 0 fully saturated rings. The summed E-state index contributed by atoms with van der Waals surface area (Å²) >= 11 is 0. The highest BCUT2D eigenvalue weighted by molar-refractivity contribution is 5.72. The summed E-state index contributed by atoms with van der Waals surface area (Å²) in [4.78, 5) is 11.3. The molecule has 0 N–H and O–H groups in total. The van der Waals surface area contributed by atoms with E-state index in [1.807, 2.05) is 0 Å². The van der Waals surface area contributed by atoms with E-state index >= 15 is 0 Å². The summed E-state index contributed by atoms with van der Waals surface area (Å²) in [5.41, 5.74) is 0.603. The van der Waals surface area contributed by atoms with Crippen molar-refractivity contribution in [2.45, 2.75) is 26.6 Å². The van der Waals surface area contributed by atoms with Gasteiger partial charge in [-0.2, -0.15) is 0 Å². The highest BCUT2D eigenvalue weighted by atomic mass is 19.1. The van der Waals surface area contributed by atoms with Gasteiger partial charge in [0.15, 0.2) is 0 Å². The SMILES string of the molecule is COC(=O)[C@@H](C)[C@@H](C)Oc1ccc(CF)cc1. The zero-order valence-electron chi connectivity index (χ0n) is 10.3. The number of rotatable bonds is 5. The van der Waals surface area contributed by atoms with E-state index in [1.165, 1.54) is 7.11 Å². The average Bonchev–Trinajstić information content (AvgIpc) is 2.37. The van der Waals surface area contributed by atoms with E-state index in [2.05, 4.69) is 4.74 Å². The summed E-state index contributed by atoms with van der Waals surface area (Å²) in [6.45, 7) is 3.05. The van der Waals surface area contributed by atoms with Crippen LogP contribution in [0.5, 0.6) is 5.75 Å². The Kier molecular flexibility index (Phi) is 4.94. The van der Waals surface area contributed by atoms with Crippen LogP contribution < -0.4 is 4.74 Å². The Bertz CT molecular complexity index is 361. The molecule has 0 amide bonds. The van der Waals surface area contributed by atoms with Crippen molar-refractivity contribution in [1.29, 1.82) is 0 Å². The standard InChI is InChI=1S/C13H17FO3/c1-9(13(15)16-3)10(2)17-12-6-4-11(8-14)5-7-12/h4-7,9-10H,8H2,1-3H3/t9-,10+/m0/s1. The van der Waals surface area contributed by atoms with E-state index in [1.54, 1.807) is 38.1 Å². The molecule has 1 aromatic rings. The summed E-state index contributed by atoms with van der Waals surface area (Å²) in [5.74, 6) is -0.0378. The first kappa shape index (κ1) is 13.5. The molecule has 0 aliphatic rings. The van der Waals surface area contributed by atoms with E-state index in [-0.39, 0.29) is 18.0 Å². The number of methoxy groups -OCH3 is 1. The largest absolute Gasteiger partial charge is 0.490 e. The molecule has 1 aromatic carbocycles. The van der Waals surface area contributed by atoms with Gasteiger partial charge in [-0.1, -0.05) is 12.1 Å². The quantitative estimate of drug-likeness (QED) is 0.742. The van der Waals surface area contributed by atoms with Gasteiger partial charge >= 0.3 is 5.97 Å². The molecule has 0 saturated carbocycles. The molecule has 0 unspecified atom stereocenters. The number of esters is 1. The Balaban J connectivity index is 2.60. The molecule has 0 spiro atoms. The lowest BCUT2D eigenvalue weighted by Gasteiger charge is -2.19. The number of hydrogen-bond donors (Lipinski definition) is 0. The van der Waals surface area contributed by atoms with Crippen LogP contribution in [-0.2, 0) is 16.2 Å². The van der Waals surface area contributed by atoms with Gasteiger partial charge in [-0.3, -0.25) is 4.79 Å². The third-order valence-corrected chi connectivity index (χ3v) is 2.68. The Morgan fingerprint density at radius 2 is 1.88 bits per heavy atom. The molecule has 1 rings (SSSR count). The van der Waals surface area contributed by atoms with Crippen molar-refractivity contribution >= 4 is 5.97 Å². The molecule has 0 saturated heterocycles. The molecular formula is C13H17FO3. The van der Waals surface area contributed by atoms with E-state index in [4.69, 9.17) is 4.74 Å². The van der Waals surface area contributed by atoms with Gasteiger partial charge in [-0.05, 0) is 31.5 Å². The first-order valence-electron chi connectivity index (χ1n) is 5.48. The van der Waals surface area contributed by atoms with Crippen LogP contribution >= 0.6 is 0 Å². The molecule has 0 aromatic heterocycles. The predicted molar refractivity (Wildman–Crippen MR) is 62.5 cm³/mol. The smallest absolute Gasteiger partial charge is 0.312 e. The number of halogens is 1. The third-order valence-electron chi connectivity index (χ3n) is 2.68. The van der Waals surface area contributed by atoms with Gasteiger partial charge in [-0.15, -0.1) is 0 Å². The van der Waals surface area contributed by atoms with E-state index < -0.39 is 6.67 Å². The zero-order chi connectivity index (χ0) is 12.8. The van der Waals surface area contributed by atoms with Crippen LogP contribution in [0.2, 0.25) is 0 Å². The van der Waals surface area contributed by atoms with Gasteiger partial charge in [0.1, 0.15) is 18.5 Å². The Labute approximate surface area is 101 Å². The van der Waals surface area contributed by atoms with Crippen molar-refractivity contribution < 1.29 is 18.7 Å². The highest BCUT2D eigenvalue weighted by Gasteiger charge is 2.22. The fourth-order valence-electron chi connectivity index (χ4n) is 1.35. The molecule has 0 aliphatic carbocycles. The molecule has 0 aliphatic heterocycles. The Morgan fingerprint density at radius 1 is 1.29 bits per heavy atom. The molecule has 2 atom stereocenters. The Hall–Kier alpha value is -1.58. The maximum Gasteiger partial charge on any atom is 0.312 e. The summed E-state index contributed by atoms with van der Waals surface area (Å²) in [6, 6.07) is 6.69. The summed E-state index contributed by atoms with van der Waals surface area (Å²) < 4.78 is 22.5. The van der Waals surface area contributed by atoms with Gasteiger partial charge in [0, 0.05) is 0 Å². The summed E-state index contributed by atoms with van der Waals surface area (Å²) in [6.07, 6.45) is -0.293. The molecule has 0 bridgehead atoms. The number of ether oxygens (including phenoxy) is 2. The molecular weight excluding hydrogens is 223 g/mol. The normalized spacial score (nSPS) is 13.9. The first-order chi connectivity index (χ1) is 8.08. The zero-order valence-corrected chi connectivity index (χ0v) is 10.3. The maximum atomic E-state index is 12.3. The number of alkyl halides is 1. The van der Waals surface area contributed by atoms with Crippen molar-refractivity contribution in [2.75, 3.05) is 7.11 Å². The van der Waals surface area contributed by atoms with Gasteiger partial charge in [-0.25, -0.2) is 4.39 Å². The van der Waals surface area contributed by atoms with Crippen LogP contribution in [0.3, 0.4) is 0 Å². The van der Waals surface area contributed by atoms with Gasteiger partial charge in [0.2, 0.25) is 0 Å². The Morgan fingerprint density at radius 3 is 2.35 bits per heavy atom. The topological polar surface area (TPSA) is 35.5 Å².